The van der Waals surface area contributed by atoms with Crippen LogP contribution in [0.2, 0.25) is 0 Å². The van der Waals surface area contributed by atoms with Gasteiger partial charge in [0.25, 0.3) is 5.91 Å². The summed E-state index contributed by atoms with van der Waals surface area (Å²) in [5.41, 5.74) is 2.29. The second-order valence-corrected chi connectivity index (χ2v) is 7.94. The van der Waals surface area contributed by atoms with Gasteiger partial charge in [-0.25, -0.2) is 0 Å². The molecule has 0 aliphatic rings. The summed E-state index contributed by atoms with van der Waals surface area (Å²) in [7, 11) is 0. The maximum Gasteiger partial charge on any atom is 0.255 e. The van der Waals surface area contributed by atoms with E-state index in [1.54, 1.807) is 12.1 Å². The van der Waals surface area contributed by atoms with E-state index in [9.17, 15) is 4.79 Å². The van der Waals surface area contributed by atoms with Gasteiger partial charge in [0.05, 0.1) is 16.8 Å². The van der Waals surface area contributed by atoms with Gasteiger partial charge in [-0.2, -0.15) is 0 Å². The van der Waals surface area contributed by atoms with Crippen LogP contribution < -0.4 is 14.8 Å². The fourth-order valence-electron chi connectivity index (χ4n) is 2.58. The van der Waals surface area contributed by atoms with Gasteiger partial charge in [-0.15, -0.1) is 0 Å². The molecular formula is C22H19BrINO3. The summed E-state index contributed by atoms with van der Waals surface area (Å²) < 4.78 is 13.4. The molecule has 0 aliphatic carbocycles. The molecule has 0 atom stereocenters. The first-order valence-electron chi connectivity index (χ1n) is 8.77. The van der Waals surface area contributed by atoms with E-state index in [1.807, 2.05) is 61.5 Å². The Morgan fingerprint density at radius 1 is 1.04 bits per heavy atom. The molecule has 4 nitrogen and oxygen atoms in total. The van der Waals surface area contributed by atoms with E-state index < -0.39 is 0 Å². The van der Waals surface area contributed by atoms with Crippen LogP contribution in [0.5, 0.6) is 11.5 Å². The maximum atomic E-state index is 12.8. The van der Waals surface area contributed by atoms with Gasteiger partial charge >= 0.3 is 0 Å². The van der Waals surface area contributed by atoms with E-state index in [2.05, 4.69) is 43.8 Å². The van der Waals surface area contributed by atoms with Crippen LogP contribution in [0.25, 0.3) is 0 Å². The standard InChI is InChI=1S/C22H19BrINO3/c1-2-27-21-17(23)12-16(22(26)25-19-11-7-6-10-18(19)24)13-20(21)28-14-15-8-4-3-5-9-15/h3-13H,2,14H2,1H3,(H,25,26). The van der Waals surface area contributed by atoms with Crippen molar-refractivity contribution in [3.63, 3.8) is 0 Å². The number of hydrogen-bond donors (Lipinski definition) is 1. The molecular weight excluding hydrogens is 533 g/mol. The summed E-state index contributed by atoms with van der Waals surface area (Å²) in [5, 5.41) is 2.94. The lowest BCUT2D eigenvalue weighted by Gasteiger charge is -2.16. The Morgan fingerprint density at radius 2 is 1.75 bits per heavy atom. The summed E-state index contributed by atoms with van der Waals surface area (Å²) in [5.74, 6) is 0.898. The van der Waals surface area contributed by atoms with Crippen LogP contribution in [0.4, 0.5) is 5.69 Å². The van der Waals surface area contributed by atoms with Crippen molar-refractivity contribution < 1.29 is 14.3 Å². The summed E-state index contributed by atoms with van der Waals surface area (Å²) in [6, 6.07) is 21.0. The van der Waals surface area contributed by atoms with Crippen LogP contribution in [-0.4, -0.2) is 12.5 Å². The Hall–Kier alpha value is -2.06. The molecule has 1 N–H and O–H groups in total. The number of amides is 1. The Morgan fingerprint density at radius 3 is 2.46 bits per heavy atom. The lowest BCUT2D eigenvalue weighted by molar-refractivity contribution is 0.102. The van der Waals surface area contributed by atoms with Crippen molar-refractivity contribution >= 4 is 50.1 Å². The van der Waals surface area contributed by atoms with E-state index in [4.69, 9.17) is 9.47 Å². The minimum Gasteiger partial charge on any atom is -0.489 e. The fraction of sp³-hybridized carbons (Fsp3) is 0.136. The minimum atomic E-state index is -0.211. The van der Waals surface area contributed by atoms with Crippen molar-refractivity contribution in [2.24, 2.45) is 0 Å². The zero-order valence-corrected chi connectivity index (χ0v) is 19.0. The average molecular weight is 552 g/mol. The Balaban J connectivity index is 1.86. The Bertz CT molecular complexity index is 963. The second kappa shape index (κ2) is 9.93. The highest BCUT2D eigenvalue weighted by Crippen LogP contribution is 2.37. The van der Waals surface area contributed by atoms with Crippen LogP contribution in [0, 0.1) is 3.57 Å². The molecule has 3 aromatic carbocycles. The van der Waals surface area contributed by atoms with Crippen LogP contribution >= 0.6 is 38.5 Å². The molecule has 0 radical (unpaired) electrons. The number of carbonyl (C=O) groups is 1. The van der Waals surface area contributed by atoms with Crippen LogP contribution in [0.3, 0.4) is 0 Å². The third-order valence-electron chi connectivity index (χ3n) is 3.92. The predicted molar refractivity (Wildman–Crippen MR) is 123 cm³/mol. The highest BCUT2D eigenvalue weighted by atomic mass is 127. The minimum absolute atomic E-state index is 0.211. The van der Waals surface area contributed by atoms with Gasteiger partial charge < -0.3 is 14.8 Å². The van der Waals surface area contributed by atoms with Crippen LogP contribution in [-0.2, 0) is 6.61 Å². The lowest BCUT2D eigenvalue weighted by atomic mass is 10.1. The third-order valence-corrected chi connectivity index (χ3v) is 5.45. The molecule has 28 heavy (non-hydrogen) atoms. The molecule has 0 aromatic heterocycles. The van der Waals surface area contributed by atoms with Gasteiger partial charge in [0.1, 0.15) is 6.61 Å². The first kappa shape index (κ1) is 20.7. The largest absolute Gasteiger partial charge is 0.489 e. The van der Waals surface area contributed by atoms with Crippen molar-refractivity contribution in [3.05, 3.63) is 85.9 Å². The first-order valence-corrected chi connectivity index (χ1v) is 10.6. The van der Waals surface area contributed by atoms with E-state index >= 15 is 0 Å². The number of para-hydroxylation sites is 1. The first-order chi connectivity index (χ1) is 13.6. The third kappa shape index (κ3) is 5.26. The number of nitrogens with one attached hydrogen (secondary N) is 1. The van der Waals surface area contributed by atoms with Gasteiger partial charge in [-0.3, -0.25) is 4.79 Å². The monoisotopic (exact) mass is 551 g/mol. The molecule has 0 saturated carbocycles. The molecule has 0 aliphatic heterocycles. The van der Waals surface area contributed by atoms with Gasteiger partial charge in [0.2, 0.25) is 0 Å². The molecule has 3 rings (SSSR count). The molecule has 0 heterocycles. The zero-order valence-electron chi connectivity index (χ0n) is 15.2. The molecule has 0 unspecified atom stereocenters. The Kier molecular flexibility index (Phi) is 7.33. The molecule has 0 bridgehead atoms. The molecule has 1 amide bonds. The van der Waals surface area contributed by atoms with Crippen molar-refractivity contribution in [2.75, 3.05) is 11.9 Å². The second-order valence-electron chi connectivity index (χ2n) is 5.93. The molecule has 0 saturated heterocycles. The van der Waals surface area contributed by atoms with Gasteiger partial charge in [0.15, 0.2) is 11.5 Å². The highest BCUT2D eigenvalue weighted by molar-refractivity contribution is 14.1. The van der Waals surface area contributed by atoms with Gasteiger partial charge in [-0.1, -0.05) is 42.5 Å². The summed E-state index contributed by atoms with van der Waals surface area (Å²) in [4.78, 5) is 12.8. The Labute approximate surface area is 186 Å². The smallest absolute Gasteiger partial charge is 0.255 e. The number of anilines is 1. The quantitative estimate of drug-likeness (QED) is 0.351. The van der Waals surface area contributed by atoms with E-state index in [-0.39, 0.29) is 5.91 Å². The number of carbonyl (C=O) groups excluding carboxylic acids is 1. The van der Waals surface area contributed by atoms with Crippen molar-refractivity contribution in [3.8, 4) is 11.5 Å². The van der Waals surface area contributed by atoms with E-state index in [0.29, 0.717) is 34.7 Å². The molecule has 3 aromatic rings. The van der Waals surface area contributed by atoms with Crippen LogP contribution in [0.1, 0.15) is 22.8 Å². The maximum absolute atomic E-state index is 12.8. The van der Waals surface area contributed by atoms with E-state index in [1.165, 1.54) is 0 Å². The van der Waals surface area contributed by atoms with Crippen LogP contribution in [0.15, 0.2) is 71.2 Å². The van der Waals surface area contributed by atoms with Crippen molar-refractivity contribution in [1.29, 1.82) is 0 Å². The summed E-state index contributed by atoms with van der Waals surface area (Å²) >= 11 is 5.70. The van der Waals surface area contributed by atoms with E-state index in [0.717, 1.165) is 14.8 Å². The number of ether oxygens (including phenoxy) is 2. The normalized spacial score (nSPS) is 10.4. The van der Waals surface area contributed by atoms with Crippen molar-refractivity contribution in [1.82, 2.24) is 0 Å². The van der Waals surface area contributed by atoms with Gasteiger partial charge in [-0.05, 0) is 75.3 Å². The molecule has 0 fully saturated rings. The molecule has 0 spiro atoms. The predicted octanol–water partition coefficient (Wildman–Crippen LogP) is 6.28. The summed E-state index contributed by atoms with van der Waals surface area (Å²) in [6.07, 6.45) is 0. The number of rotatable bonds is 7. The topological polar surface area (TPSA) is 47.6 Å². The number of halogens is 2. The fourth-order valence-corrected chi connectivity index (χ4v) is 3.66. The zero-order chi connectivity index (χ0) is 19.9. The summed E-state index contributed by atoms with van der Waals surface area (Å²) in [6.45, 7) is 2.79. The number of hydrogen-bond acceptors (Lipinski definition) is 3. The van der Waals surface area contributed by atoms with Crippen molar-refractivity contribution in [2.45, 2.75) is 13.5 Å². The average Bonchev–Trinajstić information content (AvgIpc) is 2.70. The van der Waals surface area contributed by atoms with Gasteiger partial charge in [0, 0.05) is 9.13 Å². The highest BCUT2D eigenvalue weighted by Gasteiger charge is 2.17. The number of benzene rings is 3. The lowest BCUT2D eigenvalue weighted by Crippen LogP contribution is -2.13. The molecule has 144 valence electrons. The SMILES string of the molecule is CCOc1c(Br)cc(C(=O)Nc2ccccc2I)cc1OCc1ccccc1. The molecule has 6 heteroatoms.